The SMILES string of the molecule is COC1CCC2(CC1)Cc1ccc(CCC3CC3)cc1C21N=C(N)N(Cc2ccc(C)cc2)C1=O.COC1CCC2(CC1)Cc1ccc(CCC3CC3)cc1C21N=C(SCc2ccccc2)N(Cc2ccccc2)C1=O.COC1CCC2(CC1)Cc1ccc(CCC3CC3)cc1C21NC(=S)NC1=O.CS(=O)(=O)c1ccc(CBr)cc1. The molecule has 7 fully saturated rings. The van der Waals surface area contributed by atoms with E-state index in [2.05, 4.69) is 167 Å². The molecule has 19 rings (SSSR count). The lowest BCUT2D eigenvalue weighted by Gasteiger charge is -2.46. The van der Waals surface area contributed by atoms with Crippen molar-refractivity contribution < 1.29 is 37.0 Å². The van der Waals surface area contributed by atoms with E-state index in [0.29, 0.717) is 35.2 Å². The summed E-state index contributed by atoms with van der Waals surface area (Å²) in [6, 6.07) is 56.8. The smallest absolute Gasteiger partial charge is 0.262 e. The summed E-state index contributed by atoms with van der Waals surface area (Å²) in [5.41, 5.74) is 20.7. The molecule has 15 nitrogen and oxygen atoms in total. The molecule has 9 aliphatic carbocycles. The van der Waals surface area contributed by atoms with Crippen LogP contribution in [0.25, 0.3) is 0 Å². The third kappa shape index (κ3) is 16.3. The predicted molar refractivity (Wildman–Crippen MR) is 465 cm³/mol. The topological polar surface area (TPSA) is 194 Å². The Morgan fingerprint density at radius 1 is 0.504 bits per heavy atom. The summed E-state index contributed by atoms with van der Waals surface area (Å²) in [5.74, 6) is 4.13. The highest BCUT2D eigenvalue weighted by Crippen LogP contribution is 2.65. The Bertz CT molecular complexity index is 4910. The fourth-order valence-electron chi connectivity index (χ4n) is 21.0. The highest BCUT2D eigenvalue weighted by molar-refractivity contribution is 9.08. The van der Waals surface area contributed by atoms with Crippen molar-refractivity contribution in [3.05, 3.63) is 242 Å². The number of hydrogen-bond acceptors (Lipinski definition) is 13. The van der Waals surface area contributed by atoms with Crippen LogP contribution >= 0.6 is 39.9 Å². The first-order valence-electron chi connectivity index (χ1n) is 42.4. The molecule has 115 heavy (non-hydrogen) atoms. The number of alkyl halides is 1. The predicted octanol–water partition coefficient (Wildman–Crippen LogP) is 18.1. The minimum Gasteiger partial charge on any atom is -0.381 e. The van der Waals surface area contributed by atoms with Gasteiger partial charge in [-0.15, -0.1) is 0 Å². The van der Waals surface area contributed by atoms with E-state index in [4.69, 9.17) is 42.1 Å². The van der Waals surface area contributed by atoms with Crippen LogP contribution in [-0.4, -0.2) is 98.1 Å². The highest BCUT2D eigenvalue weighted by Gasteiger charge is 2.69. The van der Waals surface area contributed by atoms with Crippen molar-refractivity contribution in [2.45, 2.75) is 244 Å². The molecule has 3 amide bonds. The summed E-state index contributed by atoms with van der Waals surface area (Å²) in [6.07, 6.45) is 31.7. The van der Waals surface area contributed by atoms with Crippen LogP contribution in [0.2, 0.25) is 0 Å². The summed E-state index contributed by atoms with van der Waals surface area (Å²) in [4.78, 5) is 57.8. The average molecular weight is 1670 g/mol. The standard InChI is InChI=1S/C36H40N2O2S.C30H37N3O2.C22H28N2O2S.C8H9BrO2S/c1-40-31-18-20-35(21-19-31)23-30-17-16-27(15-14-26-12-13-26)22-32(30)36(35)33(39)38(24-28-8-4-2-5-9-28)34(37-36)41-25-29-10-6-3-7-11-29;1-20-3-5-23(6-4-20)19-33-27(34)30(32-28(33)31)26-17-22(10-9-21-7-8-21)11-12-24(26)18-29(30)15-13-25(35-2)14-16-29;1-26-17-8-10-21(11-9-17)13-16-7-6-15(5-4-14-2-3-14)12-18(16)22(21)19(25)23-20(27)24-22;1-12(10,11)8-4-2-7(6-9)3-5-8/h2-11,16-17,22,26,31H,12-15,18-21,23-25H2,1H3;3-6,11-12,17,21,25H,7-10,13-16,18-19H2,1-2H3,(H2,31,32);6-7,12,14,17H,2-5,8-11,13H2,1H3,(H2,23,24,25,27);2-5H,6H2,1H3. The number of amides is 3. The van der Waals surface area contributed by atoms with E-state index in [1.54, 1.807) is 55.1 Å². The number of methoxy groups -OCH3 is 3. The summed E-state index contributed by atoms with van der Waals surface area (Å²) in [5, 5.41) is 8.47. The van der Waals surface area contributed by atoms with Gasteiger partial charge in [-0.2, -0.15) is 0 Å². The second kappa shape index (κ2) is 33.8. The maximum absolute atomic E-state index is 15.1. The number of nitrogens with zero attached hydrogens (tertiary/aromatic N) is 4. The van der Waals surface area contributed by atoms with Gasteiger partial charge in [0.1, 0.15) is 0 Å². The first-order chi connectivity index (χ1) is 55.6. The van der Waals surface area contributed by atoms with Crippen molar-refractivity contribution in [1.82, 2.24) is 20.4 Å². The van der Waals surface area contributed by atoms with Gasteiger partial charge in [-0.3, -0.25) is 24.2 Å². The van der Waals surface area contributed by atoms with Crippen LogP contribution in [0.15, 0.2) is 179 Å². The third-order valence-corrected chi connectivity index (χ3v) is 31.3. The molecule has 7 aromatic carbocycles. The van der Waals surface area contributed by atoms with Crippen molar-refractivity contribution in [3.8, 4) is 0 Å². The number of aliphatic imine (C=N–C) groups is 2. The lowest BCUT2D eigenvalue weighted by atomic mass is 9.61. The van der Waals surface area contributed by atoms with Crippen molar-refractivity contribution in [2.75, 3.05) is 27.6 Å². The largest absolute Gasteiger partial charge is 0.381 e. The fraction of sp³-hybridized carbons (Fsp3) is 0.500. The molecule has 3 unspecified atom stereocenters. The van der Waals surface area contributed by atoms with Crippen LogP contribution in [0.1, 0.15) is 213 Å². The number of aryl methyl sites for hydroxylation is 4. The number of halogens is 1. The van der Waals surface area contributed by atoms with Gasteiger partial charge in [0, 0.05) is 54.9 Å². The number of nitrogens with two attached hydrogens (primary N) is 1. The monoisotopic (exact) mass is 1670 g/mol. The van der Waals surface area contributed by atoms with Crippen molar-refractivity contribution in [1.29, 1.82) is 0 Å². The summed E-state index contributed by atoms with van der Waals surface area (Å²) < 4.78 is 39.1. The molecular weight excluding hydrogens is 1560 g/mol. The number of sulfone groups is 1. The average Bonchev–Trinajstić information content (AvgIpc) is 1.53. The summed E-state index contributed by atoms with van der Waals surface area (Å²) in [6.45, 7) is 3.09. The lowest BCUT2D eigenvalue weighted by Crippen LogP contribution is -2.56. The van der Waals surface area contributed by atoms with E-state index in [1.165, 1.54) is 120 Å². The molecule has 12 aliphatic rings. The number of guanidine groups is 1. The number of rotatable bonds is 20. The van der Waals surface area contributed by atoms with Crippen LogP contribution in [0.4, 0.5) is 0 Å². The number of fused-ring (bicyclic) bond motifs is 9. The Hall–Kier alpha value is -7.36. The molecule has 3 heterocycles. The Morgan fingerprint density at radius 2 is 0.904 bits per heavy atom. The Morgan fingerprint density at radius 3 is 1.35 bits per heavy atom. The fourth-order valence-corrected chi connectivity index (χ4v) is 23.3. The quantitative estimate of drug-likeness (QED) is 0.0483. The van der Waals surface area contributed by atoms with E-state index in [0.717, 1.165) is 172 Å². The Labute approximate surface area is 699 Å². The van der Waals surface area contributed by atoms with Gasteiger partial charge in [-0.05, 0) is 256 Å². The van der Waals surface area contributed by atoms with E-state index < -0.39 is 26.5 Å². The third-order valence-electron chi connectivity index (χ3n) is 28.3. The molecule has 7 aromatic rings. The van der Waals surface area contributed by atoms with Crippen LogP contribution in [0, 0.1) is 40.9 Å². The summed E-state index contributed by atoms with van der Waals surface area (Å²) >= 11 is 10.4. The van der Waals surface area contributed by atoms with E-state index in [1.807, 2.05) is 18.1 Å². The highest BCUT2D eigenvalue weighted by atomic mass is 79.9. The molecule has 3 atom stereocenters. The zero-order chi connectivity index (χ0) is 79.9. The van der Waals surface area contributed by atoms with Crippen LogP contribution in [0.3, 0.4) is 0 Å². The molecule has 19 heteroatoms. The van der Waals surface area contributed by atoms with Gasteiger partial charge >= 0.3 is 0 Å². The number of amidine groups is 1. The number of thiocarbonyl (C=S) groups is 1. The second-order valence-electron chi connectivity index (χ2n) is 35.6. The molecule has 0 bridgehead atoms. The normalized spacial score (nSPS) is 28.1. The van der Waals surface area contributed by atoms with Crippen LogP contribution in [0.5, 0.6) is 0 Å². The van der Waals surface area contributed by atoms with Gasteiger partial charge < -0.3 is 30.6 Å². The van der Waals surface area contributed by atoms with E-state index in [9.17, 15) is 18.0 Å². The number of nitrogens with one attached hydrogen (secondary N) is 2. The number of ether oxygens (including phenoxy) is 3. The van der Waals surface area contributed by atoms with Gasteiger partial charge in [0.25, 0.3) is 17.7 Å². The van der Waals surface area contributed by atoms with Crippen molar-refractivity contribution in [3.63, 3.8) is 0 Å². The Balaban J connectivity index is 0.000000123. The maximum atomic E-state index is 15.1. The number of hydrogen-bond donors (Lipinski definition) is 3. The van der Waals surface area contributed by atoms with Crippen molar-refractivity contribution in [2.24, 2.45) is 49.7 Å². The molecule has 0 aromatic heterocycles. The zero-order valence-corrected chi connectivity index (χ0v) is 71.7. The van der Waals surface area contributed by atoms with E-state index >= 15 is 4.79 Å². The number of carbonyl (C=O) groups is 3. The minimum absolute atomic E-state index is 0.0430. The molecule has 606 valence electrons. The zero-order valence-electron chi connectivity index (χ0n) is 67.7. The Kier molecular flexibility index (Phi) is 23.9. The van der Waals surface area contributed by atoms with Crippen LogP contribution < -0.4 is 16.4 Å². The van der Waals surface area contributed by atoms with E-state index in [-0.39, 0.29) is 46.2 Å². The van der Waals surface area contributed by atoms with Crippen LogP contribution in [-0.2, 0) is 118 Å². The molecule has 1 saturated heterocycles. The molecular formula is C96H114BrN7O8S3. The number of benzene rings is 7. The molecule has 0 radical (unpaired) electrons. The van der Waals surface area contributed by atoms with Gasteiger partial charge in [0.2, 0.25) is 0 Å². The first-order valence-corrected chi connectivity index (χ1v) is 46.8. The molecule has 6 spiro atoms. The molecule has 6 saturated carbocycles. The maximum Gasteiger partial charge on any atom is 0.262 e. The van der Waals surface area contributed by atoms with Gasteiger partial charge in [-0.1, -0.05) is 223 Å². The minimum atomic E-state index is -3.04. The van der Waals surface area contributed by atoms with Crippen molar-refractivity contribution >= 4 is 83.7 Å². The van der Waals surface area contributed by atoms with Gasteiger partial charge in [0.15, 0.2) is 42.7 Å². The molecule has 4 N–H and O–H groups in total. The molecule has 3 aliphatic heterocycles. The lowest BCUT2D eigenvalue weighted by molar-refractivity contribution is -0.139. The number of carbonyl (C=O) groups excluding carboxylic acids is 3. The second-order valence-corrected chi connectivity index (χ2v) is 39.5. The van der Waals surface area contributed by atoms with Gasteiger partial charge in [-0.25, -0.2) is 18.4 Å². The van der Waals surface area contributed by atoms with Gasteiger partial charge in [0.05, 0.1) is 36.3 Å². The first kappa shape index (κ1) is 81.4. The summed E-state index contributed by atoms with van der Waals surface area (Å²) in [7, 11) is 2.38. The number of thioether (sulfide) groups is 1.